The van der Waals surface area contributed by atoms with Crippen molar-refractivity contribution in [2.24, 2.45) is 0 Å². The molecule has 0 bridgehead atoms. The van der Waals surface area contributed by atoms with Gasteiger partial charge in [0.1, 0.15) is 12.4 Å². The molecular formula is C18H18FNO5S. The van der Waals surface area contributed by atoms with Gasteiger partial charge in [-0.1, -0.05) is 24.3 Å². The Labute approximate surface area is 151 Å². The molecule has 26 heavy (non-hydrogen) atoms. The molecule has 138 valence electrons. The van der Waals surface area contributed by atoms with Crippen LogP contribution in [0.3, 0.4) is 0 Å². The van der Waals surface area contributed by atoms with Gasteiger partial charge in [0.15, 0.2) is 0 Å². The van der Waals surface area contributed by atoms with Crippen molar-refractivity contribution in [1.29, 1.82) is 0 Å². The van der Waals surface area contributed by atoms with Crippen molar-refractivity contribution in [3.8, 4) is 0 Å². The Balaban J connectivity index is 1.71. The zero-order valence-corrected chi connectivity index (χ0v) is 14.7. The average Bonchev–Trinajstić information content (AvgIpc) is 2.67. The Morgan fingerprint density at radius 1 is 1.12 bits per heavy atom. The Morgan fingerprint density at radius 2 is 1.85 bits per heavy atom. The van der Waals surface area contributed by atoms with Gasteiger partial charge < -0.3 is 9.47 Å². The number of benzene rings is 2. The van der Waals surface area contributed by atoms with Crippen molar-refractivity contribution in [2.75, 3.05) is 26.3 Å². The van der Waals surface area contributed by atoms with Gasteiger partial charge in [-0.05, 0) is 29.8 Å². The Hall–Kier alpha value is -2.29. The minimum Gasteiger partial charge on any atom is -0.457 e. The van der Waals surface area contributed by atoms with Crippen LogP contribution in [0.25, 0.3) is 0 Å². The first-order valence-electron chi connectivity index (χ1n) is 8.07. The van der Waals surface area contributed by atoms with Crippen molar-refractivity contribution in [1.82, 2.24) is 4.31 Å². The number of hydrogen-bond donors (Lipinski definition) is 0. The lowest BCUT2D eigenvalue weighted by Crippen LogP contribution is -2.40. The van der Waals surface area contributed by atoms with Crippen LogP contribution in [0.1, 0.15) is 15.9 Å². The fraction of sp³-hybridized carbons (Fsp3) is 0.278. The molecule has 1 heterocycles. The summed E-state index contributed by atoms with van der Waals surface area (Å²) >= 11 is 0. The van der Waals surface area contributed by atoms with Crippen molar-refractivity contribution >= 4 is 16.0 Å². The molecule has 0 saturated carbocycles. The topological polar surface area (TPSA) is 72.9 Å². The fourth-order valence-corrected chi connectivity index (χ4v) is 4.06. The van der Waals surface area contributed by atoms with E-state index in [4.69, 9.17) is 9.47 Å². The first-order valence-corrected chi connectivity index (χ1v) is 9.51. The molecule has 2 aromatic rings. The van der Waals surface area contributed by atoms with Gasteiger partial charge in [-0.15, -0.1) is 0 Å². The molecule has 6 nitrogen and oxygen atoms in total. The van der Waals surface area contributed by atoms with Crippen LogP contribution >= 0.6 is 0 Å². The van der Waals surface area contributed by atoms with Gasteiger partial charge >= 0.3 is 5.97 Å². The van der Waals surface area contributed by atoms with Crippen LogP contribution in [0.15, 0.2) is 53.4 Å². The predicted octanol–water partition coefficient (Wildman–Crippen LogP) is 2.20. The second-order valence-corrected chi connectivity index (χ2v) is 7.66. The van der Waals surface area contributed by atoms with Gasteiger partial charge in [0.25, 0.3) is 0 Å². The van der Waals surface area contributed by atoms with E-state index in [1.165, 1.54) is 40.7 Å². The highest BCUT2D eigenvalue weighted by Crippen LogP contribution is 2.19. The maximum absolute atomic E-state index is 13.6. The van der Waals surface area contributed by atoms with E-state index in [9.17, 15) is 17.6 Å². The normalized spacial score (nSPS) is 15.6. The number of rotatable bonds is 5. The molecule has 1 aliphatic rings. The molecule has 8 heteroatoms. The maximum Gasteiger partial charge on any atom is 0.341 e. The van der Waals surface area contributed by atoms with E-state index < -0.39 is 21.8 Å². The highest BCUT2D eigenvalue weighted by molar-refractivity contribution is 7.89. The van der Waals surface area contributed by atoms with E-state index >= 15 is 0 Å². The third-order valence-corrected chi connectivity index (χ3v) is 5.86. The summed E-state index contributed by atoms with van der Waals surface area (Å²) in [6, 6.07) is 11.7. The van der Waals surface area contributed by atoms with Crippen molar-refractivity contribution in [3.63, 3.8) is 0 Å². The largest absolute Gasteiger partial charge is 0.457 e. The van der Waals surface area contributed by atoms with E-state index in [1.807, 2.05) is 0 Å². The quantitative estimate of drug-likeness (QED) is 0.745. The fourth-order valence-electron chi connectivity index (χ4n) is 2.59. The standard InChI is InChI=1S/C18H18FNO5S/c19-17-7-2-1-6-16(17)18(21)25-13-14-4-3-5-15(12-14)26(22,23)20-8-10-24-11-9-20/h1-7,12H,8-11,13H2. The number of sulfonamides is 1. The monoisotopic (exact) mass is 379 g/mol. The number of ether oxygens (including phenoxy) is 2. The minimum absolute atomic E-state index is 0.124. The summed E-state index contributed by atoms with van der Waals surface area (Å²) in [5.74, 6) is -1.47. The zero-order chi connectivity index (χ0) is 18.6. The van der Waals surface area contributed by atoms with Crippen LogP contribution < -0.4 is 0 Å². The van der Waals surface area contributed by atoms with Gasteiger partial charge in [0.05, 0.1) is 23.7 Å². The average molecular weight is 379 g/mol. The summed E-state index contributed by atoms with van der Waals surface area (Å²) in [6.45, 7) is 1.17. The third-order valence-electron chi connectivity index (χ3n) is 3.97. The van der Waals surface area contributed by atoms with Crippen molar-refractivity contribution in [3.05, 3.63) is 65.5 Å². The van der Waals surface area contributed by atoms with Crippen LogP contribution in [0.5, 0.6) is 0 Å². The zero-order valence-electron chi connectivity index (χ0n) is 13.9. The summed E-state index contributed by atoms with van der Waals surface area (Å²) < 4.78 is 50.5. The van der Waals surface area contributed by atoms with Gasteiger partial charge in [-0.3, -0.25) is 0 Å². The molecule has 1 fully saturated rings. The van der Waals surface area contributed by atoms with E-state index in [1.54, 1.807) is 12.1 Å². The summed E-state index contributed by atoms with van der Waals surface area (Å²) in [6.07, 6.45) is 0. The second-order valence-electron chi connectivity index (χ2n) is 5.72. The van der Waals surface area contributed by atoms with Crippen LogP contribution in [0, 0.1) is 5.82 Å². The molecule has 3 rings (SSSR count). The predicted molar refractivity (Wildman–Crippen MR) is 91.5 cm³/mol. The van der Waals surface area contributed by atoms with E-state index in [0.29, 0.717) is 31.9 Å². The summed E-state index contributed by atoms with van der Waals surface area (Å²) in [5, 5.41) is 0. The molecule has 0 amide bonds. The molecule has 1 saturated heterocycles. The number of carbonyl (C=O) groups is 1. The number of nitrogens with zero attached hydrogens (tertiary/aromatic N) is 1. The maximum atomic E-state index is 13.6. The molecule has 0 spiro atoms. The Morgan fingerprint density at radius 3 is 2.58 bits per heavy atom. The Bertz CT molecular complexity index is 894. The van der Waals surface area contributed by atoms with E-state index in [2.05, 4.69) is 0 Å². The summed E-state index contributed by atoms with van der Waals surface area (Å²) in [7, 11) is -3.63. The molecular weight excluding hydrogens is 361 g/mol. The van der Waals surface area contributed by atoms with E-state index in [-0.39, 0.29) is 17.1 Å². The highest BCUT2D eigenvalue weighted by atomic mass is 32.2. The smallest absolute Gasteiger partial charge is 0.341 e. The highest BCUT2D eigenvalue weighted by Gasteiger charge is 2.26. The van der Waals surface area contributed by atoms with Crippen molar-refractivity contribution in [2.45, 2.75) is 11.5 Å². The Kier molecular flexibility index (Phi) is 5.65. The van der Waals surface area contributed by atoms with Gasteiger partial charge in [-0.2, -0.15) is 4.31 Å². The van der Waals surface area contributed by atoms with Crippen LogP contribution in [-0.2, 0) is 26.1 Å². The molecule has 0 N–H and O–H groups in total. The minimum atomic E-state index is -3.63. The van der Waals surface area contributed by atoms with Gasteiger partial charge in [0.2, 0.25) is 10.0 Å². The molecule has 2 aromatic carbocycles. The third kappa shape index (κ3) is 4.09. The molecule has 0 unspecified atom stereocenters. The lowest BCUT2D eigenvalue weighted by molar-refractivity contribution is 0.0467. The van der Waals surface area contributed by atoms with Crippen LogP contribution in [0.2, 0.25) is 0 Å². The number of halogens is 1. The van der Waals surface area contributed by atoms with Gasteiger partial charge in [0, 0.05) is 13.1 Å². The SMILES string of the molecule is O=C(OCc1cccc(S(=O)(=O)N2CCOCC2)c1)c1ccccc1F. The second kappa shape index (κ2) is 7.94. The van der Waals surface area contributed by atoms with Crippen LogP contribution in [-0.4, -0.2) is 45.0 Å². The lowest BCUT2D eigenvalue weighted by atomic mass is 10.2. The first-order chi connectivity index (χ1) is 12.5. The summed E-state index contributed by atoms with van der Waals surface area (Å²) in [5.41, 5.74) is 0.341. The van der Waals surface area contributed by atoms with Crippen LogP contribution in [0.4, 0.5) is 4.39 Å². The molecule has 0 radical (unpaired) electrons. The van der Waals surface area contributed by atoms with Crippen molar-refractivity contribution < 1.29 is 27.1 Å². The number of hydrogen-bond acceptors (Lipinski definition) is 5. The first kappa shape index (κ1) is 18.5. The van der Waals surface area contributed by atoms with E-state index in [0.717, 1.165) is 0 Å². The van der Waals surface area contributed by atoms with Gasteiger partial charge in [-0.25, -0.2) is 17.6 Å². The lowest BCUT2D eigenvalue weighted by Gasteiger charge is -2.26. The number of carbonyl (C=O) groups excluding carboxylic acids is 1. The molecule has 0 aliphatic carbocycles. The molecule has 0 aromatic heterocycles. The number of morpholine rings is 1. The summed E-state index contributed by atoms with van der Waals surface area (Å²) in [4.78, 5) is 12.1. The molecule has 1 aliphatic heterocycles. The molecule has 0 atom stereocenters. The number of esters is 1.